The molecule has 1 N–H and O–H groups in total. The quantitative estimate of drug-likeness (QED) is 0.916. The number of hydrogen-bond donors (Lipinski definition) is 1. The molecule has 2 fully saturated rings. The molecule has 3 rings (SSSR count). The fourth-order valence-electron chi connectivity index (χ4n) is 4.21. The third kappa shape index (κ3) is 3.10. The summed E-state index contributed by atoms with van der Waals surface area (Å²) in [7, 11) is 4.31. The largest absolute Gasteiger partial charge is 0.316 e. The number of rotatable bonds is 4. The van der Waals surface area contributed by atoms with E-state index in [0.29, 0.717) is 12.0 Å². The van der Waals surface area contributed by atoms with Gasteiger partial charge in [-0.25, -0.2) is 4.39 Å². The van der Waals surface area contributed by atoms with Gasteiger partial charge in [0.15, 0.2) is 0 Å². The molecule has 116 valence electrons. The second-order valence-electron chi connectivity index (χ2n) is 6.63. The molecule has 0 aromatic heterocycles. The van der Waals surface area contributed by atoms with E-state index in [1.807, 2.05) is 13.1 Å². The van der Waals surface area contributed by atoms with Crippen molar-refractivity contribution in [2.24, 2.45) is 5.92 Å². The SMILES string of the molecule is CNC(Cc1ccc(F)c(Cl)c1)C1CC2CCC(C1)N2C. The number of halogens is 2. The number of likely N-dealkylation sites (N-methyl/N-ethyl adjacent to an activating group) is 1. The summed E-state index contributed by atoms with van der Waals surface area (Å²) in [6.45, 7) is 0. The number of nitrogens with one attached hydrogen (secondary N) is 1. The van der Waals surface area contributed by atoms with Crippen LogP contribution in [0.3, 0.4) is 0 Å². The van der Waals surface area contributed by atoms with Gasteiger partial charge >= 0.3 is 0 Å². The first-order chi connectivity index (χ1) is 10.1. The lowest BCUT2D eigenvalue weighted by Crippen LogP contribution is -2.47. The average molecular weight is 311 g/mol. The minimum atomic E-state index is -0.334. The fourth-order valence-corrected chi connectivity index (χ4v) is 4.41. The van der Waals surface area contributed by atoms with Crippen LogP contribution in [0.15, 0.2) is 18.2 Å². The Hall–Kier alpha value is -0.640. The van der Waals surface area contributed by atoms with Crippen LogP contribution in [0.2, 0.25) is 5.02 Å². The van der Waals surface area contributed by atoms with Gasteiger partial charge in [-0.2, -0.15) is 0 Å². The summed E-state index contributed by atoms with van der Waals surface area (Å²) in [6.07, 6.45) is 6.15. The third-order valence-electron chi connectivity index (χ3n) is 5.51. The molecule has 21 heavy (non-hydrogen) atoms. The fraction of sp³-hybridized carbons (Fsp3) is 0.647. The van der Waals surface area contributed by atoms with Crippen molar-refractivity contribution in [1.82, 2.24) is 10.2 Å². The molecule has 2 heterocycles. The summed E-state index contributed by atoms with van der Waals surface area (Å²) in [5.41, 5.74) is 1.12. The predicted octanol–water partition coefficient (Wildman–Crippen LogP) is 3.48. The van der Waals surface area contributed by atoms with Crippen molar-refractivity contribution >= 4 is 11.6 Å². The molecule has 0 amide bonds. The highest BCUT2D eigenvalue weighted by atomic mass is 35.5. The van der Waals surface area contributed by atoms with Gasteiger partial charge in [0.2, 0.25) is 0 Å². The van der Waals surface area contributed by atoms with Crippen molar-refractivity contribution in [1.29, 1.82) is 0 Å². The van der Waals surface area contributed by atoms with Crippen LogP contribution in [0.1, 0.15) is 31.2 Å². The Kier molecular flexibility index (Phi) is 4.53. The van der Waals surface area contributed by atoms with Crippen LogP contribution in [0.5, 0.6) is 0 Å². The molecular weight excluding hydrogens is 287 g/mol. The first kappa shape index (κ1) is 15.3. The maximum Gasteiger partial charge on any atom is 0.141 e. The Bertz CT molecular complexity index is 494. The Labute approximate surface area is 131 Å². The summed E-state index contributed by atoms with van der Waals surface area (Å²) in [5.74, 6) is 0.367. The molecule has 0 radical (unpaired) electrons. The highest BCUT2D eigenvalue weighted by Gasteiger charge is 2.40. The van der Waals surface area contributed by atoms with Gasteiger partial charge in [-0.05, 0) is 69.8 Å². The lowest BCUT2D eigenvalue weighted by atomic mass is 9.82. The van der Waals surface area contributed by atoms with Gasteiger partial charge in [0.1, 0.15) is 5.82 Å². The highest BCUT2D eigenvalue weighted by molar-refractivity contribution is 6.30. The molecule has 1 aromatic carbocycles. The number of nitrogens with zero attached hydrogens (tertiary/aromatic N) is 1. The number of fused-ring (bicyclic) bond motifs is 2. The van der Waals surface area contributed by atoms with Crippen molar-refractivity contribution < 1.29 is 4.39 Å². The summed E-state index contributed by atoms with van der Waals surface area (Å²) in [4.78, 5) is 2.57. The van der Waals surface area contributed by atoms with Gasteiger partial charge in [-0.3, -0.25) is 0 Å². The molecule has 0 saturated carbocycles. The lowest BCUT2D eigenvalue weighted by molar-refractivity contribution is 0.114. The summed E-state index contributed by atoms with van der Waals surface area (Å²) in [6, 6.07) is 7.05. The molecule has 1 aromatic rings. The van der Waals surface area contributed by atoms with E-state index < -0.39 is 0 Å². The van der Waals surface area contributed by atoms with E-state index >= 15 is 0 Å². The van der Waals surface area contributed by atoms with E-state index in [2.05, 4.69) is 17.3 Å². The average Bonchev–Trinajstić information content (AvgIpc) is 2.70. The van der Waals surface area contributed by atoms with E-state index in [1.54, 1.807) is 6.07 Å². The molecule has 0 aliphatic carbocycles. The van der Waals surface area contributed by atoms with Gasteiger partial charge in [0, 0.05) is 18.1 Å². The van der Waals surface area contributed by atoms with Gasteiger partial charge < -0.3 is 10.2 Å². The van der Waals surface area contributed by atoms with Gasteiger partial charge in [-0.1, -0.05) is 17.7 Å². The molecule has 4 heteroatoms. The summed E-state index contributed by atoms with van der Waals surface area (Å²) >= 11 is 5.90. The number of benzene rings is 1. The van der Waals surface area contributed by atoms with Crippen LogP contribution >= 0.6 is 11.6 Å². The summed E-state index contributed by atoms with van der Waals surface area (Å²) < 4.78 is 13.3. The molecule has 2 aliphatic heterocycles. The van der Waals surface area contributed by atoms with Crippen LogP contribution in [0.25, 0.3) is 0 Å². The number of hydrogen-bond acceptors (Lipinski definition) is 2. The lowest BCUT2D eigenvalue weighted by Gasteiger charge is -2.40. The standard InChI is InChI=1S/C17H24ClFN2/c1-20-17(8-11-3-6-16(19)15(18)7-11)12-9-13-4-5-14(10-12)21(13)2/h3,6-7,12-14,17,20H,4-5,8-10H2,1-2H3. The van der Waals surface area contributed by atoms with Crippen molar-refractivity contribution in [3.63, 3.8) is 0 Å². The maximum absolute atomic E-state index is 13.3. The topological polar surface area (TPSA) is 15.3 Å². The molecule has 2 nitrogen and oxygen atoms in total. The predicted molar refractivity (Wildman–Crippen MR) is 85.3 cm³/mol. The Balaban J connectivity index is 1.69. The Morgan fingerprint density at radius 2 is 2.00 bits per heavy atom. The second kappa shape index (κ2) is 6.23. The molecular formula is C17H24ClFN2. The molecule has 2 bridgehead atoms. The first-order valence-corrected chi connectivity index (χ1v) is 8.29. The van der Waals surface area contributed by atoms with Gasteiger partial charge in [0.25, 0.3) is 0 Å². The van der Waals surface area contributed by atoms with Crippen molar-refractivity contribution in [2.75, 3.05) is 14.1 Å². The first-order valence-electron chi connectivity index (χ1n) is 7.91. The van der Waals surface area contributed by atoms with Crippen LogP contribution in [0, 0.1) is 11.7 Å². The Morgan fingerprint density at radius 3 is 2.57 bits per heavy atom. The monoisotopic (exact) mass is 310 g/mol. The smallest absolute Gasteiger partial charge is 0.141 e. The third-order valence-corrected chi connectivity index (χ3v) is 5.80. The van der Waals surface area contributed by atoms with Crippen LogP contribution in [0.4, 0.5) is 4.39 Å². The number of piperidine rings is 1. The van der Waals surface area contributed by atoms with Crippen molar-refractivity contribution in [3.05, 3.63) is 34.6 Å². The Morgan fingerprint density at radius 1 is 1.33 bits per heavy atom. The molecule has 0 spiro atoms. The zero-order valence-electron chi connectivity index (χ0n) is 12.8. The van der Waals surface area contributed by atoms with Crippen molar-refractivity contribution in [2.45, 2.75) is 50.2 Å². The second-order valence-corrected chi connectivity index (χ2v) is 7.04. The molecule has 2 aliphatic rings. The maximum atomic E-state index is 13.3. The zero-order chi connectivity index (χ0) is 15.0. The highest BCUT2D eigenvalue weighted by Crippen LogP contribution is 2.39. The minimum Gasteiger partial charge on any atom is -0.316 e. The zero-order valence-corrected chi connectivity index (χ0v) is 13.5. The van der Waals surface area contributed by atoms with Gasteiger partial charge in [0.05, 0.1) is 5.02 Å². The summed E-state index contributed by atoms with van der Waals surface area (Å²) in [5, 5.41) is 3.71. The normalized spacial score (nSPS) is 30.6. The van der Waals surface area contributed by atoms with Crippen LogP contribution < -0.4 is 5.32 Å². The van der Waals surface area contributed by atoms with E-state index in [1.165, 1.54) is 31.7 Å². The minimum absolute atomic E-state index is 0.228. The van der Waals surface area contributed by atoms with Crippen LogP contribution in [-0.4, -0.2) is 37.1 Å². The van der Waals surface area contributed by atoms with E-state index in [-0.39, 0.29) is 10.8 Å². The van der Waals surface area contributed by atoms with Crippen molar-refractivity contribution in [3.8, 4) is 0 Å². The molecule has 2 saturated heterocycles. The van der Waals surface area contributed by atoms with Gasteiger partial charge in [-0.15, -0.1) is 0 Å². The van der Waals surface area contributed by atoms with E-state index in [4.69, 9.17) is 11.6 Å². The molecule has 3 atom stereocenters. The van der Waals surface area contributed by atoms with E-state index in [0.717, 1.165) is 24.1 Å². The molecule has 3 unspecified atom stereocenters. The van der Waals surface area contributed by atoms with Crippen LogP contribution in [-0.2, 0) is 6.42 Å². The van der Waals surface area contributed by atoms with E-state index in [9.17, 15) is 4.39 Å².